The van der Waals surface area contributed by atoms with E-state index >= 15 is 0 Å². The van der Waals surface area contributed by atoms with E-state index < -0.39 is 11.9 Å². The van der Waals surface area contributed by atoms with Gasteiger partial charge in [0, 0.05) is 19.4 Å². The van der Waals surface area contributed by atoms with Crippen molar-refractivity contribution in [1.82, 2.24) is 4.90 Å². The van der Waals surface area contributed by atoms with Gasteiger partial charge < -0.3 is 0 Å². The van der Waals surface area contributed by atoms with Crippen LogP contribution in [0.5, 0.6) is 0 Å². The molecule has 71 valence electrons. The Bertz CT molecular complexity index is 245. The van der Waals surface area contributed by atoms with E-state index in [-0.39, 0.29) is 31.2 Å². The van der Waals surface area contributed by atoms with E-state index in [9.17, 15) is 19.5 Å². The van der Waals surface area contributed by atoms with Crippen molar-refractivity contribution in [2.45, 2.75) is 19.8 Å². The van der Waals surface area contributed by atoms with Crippen LogP contribution >= 0.6 is 0 Å². The van der Waals surface area contributed by atoms with Crippen molar-refractivity contribution in [1.29, 1.82) is 0 Å². The van der Waals surface area contributed by atoms with Crippen molar-refractivity contribution in [3.63, 3.8) is 0 Å². The summed E-state index contributed by atoms with van der Waals surface area (Å²) >= 11 is 0. The second kappa shape index (κ2) is 3.55. The van der Waals surface area contributed by atoms with Gasteiger partial charge in [0.25, 0.3) is 0 Å². The summed E-state index contributed by atoms with van der Waals surface area (Å²) in [4.78, 5) is 33.4. The number of likely N-dealkylation sites (tertiary alicyclic amines) is 1. The number of carbonyl (C=O) groups excluding carboxylic acids is 3. The third-order valence-corrected chi connectivity index (χ3v) is 2.01. The number of carbonyl (C=O) groups is 3. The van der Waals surface area contributed by atoms with Crippen molar-refractivity contribution >= 4 is 17.8 Å². The molecule has 5 nitrogen and oxygen atoms in total. The van der Waals surface area contributed by atoms with Crippen LogP contribution in [0, 0.1) is 5.92 Å². The smallest absolute Gasteiger partial charge is 0.282 e. The molecule has 0 spiro atoms. The van der Waals surface area contributed by atoms with Crippen LogP contribution in [0.1, 0.15) is 19.8 Å². The maximum absolute atomic E-state index is 11.0. The molecule has 1 atom stereocenters. The molecule has 1 heterocycles. The Labute approximate surface area is 75.3 Å². The highest BCUT2D eigenvalue weighted by Crippen LogP contribution is 2.13. The van der Waals surface area contributed by atoms with Crippen LogP contribution in [0.4, 0.5) is 0 Å². The molecule has 0 aromatic heterocycles. The van der Waals surface area contributed by atoms with Crippen molar-refractivity contribution in [2.75, 3.05) is 6.54 Å². The molecule has 0 aromatic carbocycles. The third-order valence-electron chi connectivity index (χ3n) is 2.01. The molecule has 1 radical (unpaired) electrons. The molecule has 0 bridgehead atoms. The van der Waals surface area contributed by atoms with E-state index in [4.69, 9.17) is 0 Å². The zero-order valence-electron chi connectivity index (χ0n) is 7.28. The van der Waals surface area contributed by atoms with Crippen molar-refractivity contribution in [2.24, 2.45) is 5.92 Å². The molecule has 1 aliphatic heterocycles. The van der Waals surface area contributed by atoms with E-state index in [0.29, 0.717) is 0 Å². The fourth-order valence-electron chi connectivity index (χ4n) is 1.17. The Morgan fingerprint density at radius 3 is 2.23 bits per heavy atom. The zero-order valence-corrected chi connectivity index (χ0v) is 7.28. The fourth-order valence-corrected chi connectivity index (χ4v) is 1.17. The van der Waals surface area contributed by atoms with Gasteiger partial charge in [-0.05, 0) is 0 Å². The summed E-state index contributed by atoms with van der Waals surface area (Å²) in [5.74, 6) is -2.63. The number of nitrogens with zero attached hydrogens (tertiary/aromatic N) is 1. The number of imide groups is 1. The lowest BCUT2D eigenvalue weighted by atomic mass is 10.2. The summed E-state index contributed by atoms with van der Waals surface area (Å²) in [6.07, 6.45) is 0.386. The predicted molar refractivity (Wildman–Crippen MR) is 40.8 cm³/mol. The summed E-state index contributed by atoms with van der Waals surface area (Å²) in [5, 5.41) is 10.3. The van der Waals surface area contributed by atoms with Gasteiger partial charge in [0.15, 0.2) is 0 Å². The lowest BCUT2D eigenvalue weighted by molar-refractivity contribution is -0.149. The SMILES string of the molecule is CC(CN1C(=O)CCC1=O)C([O])=O. The van der Waals surface area contributed by atoms with Gasteiger partial charge in [-0.15, -0.1) is 0 Å². The second-order valence-electron chi connectivity index (χ2n) is 3.12. The van der Waals surface area contributed by atoms with E-state index in [1.165, 1.54) is 6.92 Å². The van der Waals surface area contributed by atoms with Crippen molar-refractivity contribution in [3.05, 3.63) is 0 Å². The lowest BCUT2D eigenvalue weighted by Crippen LogP contribution is -2.35. The number of amides is 2. The molecule has 1 rings (SSSR count). The minimum atomic E-state index is -1.24. The predicted octanol–water partition coefficient (Wildman–Crippen LogP) is -0.271. The Morgan fingerprint density at radius 1 is 1.38 bits per heavy atom. The molecule has 0 saturated carbocycles. The van der Waals surface area contributed by atoms with Crippen LogP contribution < -0.4 is 0 Å². The molecular formula is C8H10NO4. The highest BCUT2D eigenvalue weighted by atomic mass is 16.4. The number of rotatable bonds is 3. The normalized spacial score (nSPS) is 19.3. The first-order valence-electron chi connectivity index (χ1n) is 4.06. The summed E-state index contributed by atoms with van der Waals surface area (Å²) < 4.78 is 0. The van der Waals surface area contributed by atoms with Gasteiger partial charge in [-0.3, -0.25) is 14.5 Å². The molecule has 13 heavy (non-hydrogen) atoms. The van der Waals surface area contributed by atoms with E-state index in [1.54, 1.807) is 0 Å². The first-order valence-corrected chi connectivity index (χ1v) is 4.06. The lowest BCUT2D eigenvalue weighted by Gasteiger charge is -2.15. The molecule has 0 aromatic rings. The Hall–Kier alpha value is -1.39. The average molecular weight is 184 g/mol. The average Bonchev–Trinajstić information content (AvgIpc) is 2.35. The monoisotopic (exact) mass is 184 g/mol. The second-order valence-corrected chi connectivity index (χ2v) is 3.12. The molecule has 0 N–H and O–H groups in total. The Balaban J connectivity index is 2.57. The summed E-state index contributed by atoms with van der Waals surface area (Å²) in [5.41, 5.74) is 0. The first-order chi connectivity index (χ1) is 6.02. The fraction of sp³-hybridized carbons (Fsp3) is 0.625. The molecule has 1 aliphatic rings. The van der Waals surface area contributed by atoms with Gasteiger partial charge in [-0.25, -0.2) is 9.90 Å². The molecule has 1 fully saturated rings. The Morgan fingerprint density at radius 2 is 1.85 bits per heavy atom. The molecule has 0 aliphatic carbocycles. The summed E-state index contributed by atoms with van der Waals surface area (Å²) in [7, 11) is 0. The van der Waals surface area contributed by atoms with Crippen LogP contribution in [0.15, 0.2) is 0 Å². The summed E-state index contributed by atoms with van der Waals surface area (Å²) in [6, 6.07) is 0. The minimum Gasteiger partial charge on any atom is -0.282 e. The van der Waals surface area contributed by atoms with E-state index in [1.807, 2.05) is 0 Å². The van der Waals surface area contributed by atoms with Gasteiger partial charge in [0.05, 0.1) is 5.92 Å². The van der Waals surface area contributed by atoms with Crippen LogP contribution in [0.25, 0.3) is 0 Å². The molecule has 5 heteroatoms. The molecular weight excluding hydrogens is 174 g/mol. The maximum Gasteiger partial charge on any atom is 0.360 e. The topological polar surface area (TPSA) is 74.3 Å². The standard InChI is InChI=1S/C8H10NO4/c1-5(8(12)13)4-9-6(10)2-3-7(9)11/h5H,2-4H2,1H3. The van der Waals surface area contributed by atoms with Gasteiger partial charge in [0.1, 0.15) is 0 Å². The van der Waals surface area contributed by atoms with E-state index in [0.717, 1.165) is 4.90 Å². The van der Waals surface area contributed by atoms with Gasteiger partial charge >= 0.3 is 5.97 Å². The highest BCUT2D eigenvalue weighted by Gasteiger charge is 2.31. The largest absolute Gasteiger partial charge is 0.360 e. The Kier molecular flexibility index (Phi) is 2.65. The molecule has 1 saturated heterocycles. The van der Waals surface area contributed by atoms with Crippen LogP contribution in [-0.4, -0.2) is 29.2 Å². The van der Waals surface area contributed by atoms with Crippen LogP contribution in [0.3, 0.4) is 0 Å². The van der Waals surface area contributed by atoms with Gasteiger partial charge in [-0.1, -0.05) is 6.92 Å². The van der Waals surface area contributed by atoms with Crippen LogP contribution in [-0.2, 0) is 19.5 Å². The van der Waals surface area contributed by atoms with Crippen molar-refractivity contribution < 1.29 is 19.5 Å². The first kappa shape index (κ1) is 9.70. The third kappa shape index (κ3) is 2.05. The van der Waals surface area contributed by atoms with Gasteiger partial charge in [-0.2, -0.15) is 0 Å². The zero-order chi connectivity index (χ0) is 10.0. The van der Waals surface area contributed by atoms with Crippen LogP contribution in [0.2, 0.25) is 0 Å². The number of hydrogen-bond donors (Lipinski definition) is 0. The quantitative estimate of drug-likeness (QED) is 0.566. The van der Waals surface area contributed by atoms with Crippen molar-refractivity contribution in [3.8, 4) is 0 Å². The van der Waals surface area contributed by atoms with E-state index in [2.05, 4.69) is 0 Å². The molecule has 2 amide bonds. The molecule has 1 unspecified atom stereocenters. The minimum absolute atomic E-state index is 0.0694. The van der Waals surface area contributed by atoms with Gasteiger partial charge in [0.2, 0.25) is 11.8 Å². The maximum atomic E-state index is 11.0. The number of hydrogen-bond acceptors (Lipinski definition) is 3. The highest BCUT2D eigenvalue weighted by molar-refractivity contribution is 6.02. The summed E-state index contributed by atoms with van der Waals surface area (Å²) in [6.45, 7) is 1.34.